The molecule has 180 valence electrons. The summed E-state index contributed by atoms with van der Waals surface area (Å²) in [5.41, 5.74) is 9.52. The van der Waals surface area contributed by atoms with Crippen molar-refractivity contribution in [3.63, 3.8) is 0 Å². The van der Waals surface area contributed by atoms with Crippen molar-refractivity contribution in [1.29, 1.82) is 0 Å². The number of aromatic nitrogens is 4. The molecule has 0 aliphatic heterocycles. The fourth-order valence-electron chi connectivity index (χ4n) is 4.70. The second-order valence-corrected chi connectivity index (χ2v) is 8.98. The van der Waals surface area contributed by atoms with Crippen LogP contribution in [0.2, 0.25) is 0 Å². The number of rotatable bonds is 8. The summed E-state index contributed by atoms with van der Waals surface area (Å²) in [4.78, 5) is 26.0. The van der Waals surface area contributed by atoms with E-state index in [1.165, 1.54) is 24.8 Å². The number of nitrogens with two attached hydrogens (primary N) is 1. The molecule has 8 heteroatoms. The number of imidazole rings is 1. The normalized spacial score (nSPS) is 14.2. The molecule has 0 unspecified atom stereocenters. The Hall–Kier alpha value is -3.94. The summed E-state index contributed by atoms with van der Waals surface area (Å²) >= 11 is 0. The summed E-state index contributed by atoms with van der Waals surface area (Å²) in [5, 5.41) is 3.49. The molecule has 2 heterocycles. The van der Waals surface area contributed by atoms with Crippen LogP contribution in [-0.2, 0) is 6.42 Å². The molecule has 2 aromatic carbocycles. The zero-order valence-corrected chi connectivity index (χ0v) is 19.9. The van der Waals surface area contributed by atoms with Crippen molar-refractivity contribution in [1.82, 2.24) is 19.5 Å². The fraction of sp³-hybridized carbons (Fsp3) is 0.333. The molecular weight excluding hydrogens is 440 g/mol. The van der Waals surface area contributed by atoms with E-state index < -0.39 is 5.91 Å². The highest BCUT2D eigenvalue weighted by Gasteiger charge is 2.21. The van der Waals surface area contributed by atoms with Gasteiger partial charge in [-0.1, -0.05) is 43.5 Å². The molecule has 1 saturated carbocycles. The number of carbonyl (C=O) groups is 1. The molecule has 0 spiro atoms. The third-order valence-corrected chi connectivity index (χ3v) is 6.68. The van der Waals surface area contributed by atoms with Crippen LogP contribution in [0.25, 0.3) is 22.6 Å². The molecule has 1 aliphatic carbocycles. The maximum atomic E-state index is 11.5. The van der Waals surface area contributed by atoms with Crippen LogP contribution in [0.4, 0.5) is 5.82 Å². The molecule has 1 amide bonds. The summed E-state index contributed by atoms with van der Waals surface area (Å²) < 4.78 is 7.46. The number of nitrogens with zero attached hydrogens (tertiary/aromatic N) is 4. The van der Waals surface area contributed by atoms with Crippen molar-refractivity contribution >= 4 is 22.9 Å². The van der Waals surface area contributed by atoms with Gasteiger partial charge in [0.2, 0.25) is 5.91 Å². The summed E-state index contributed by atoms with van der Waals surface area (Å²) in [7, 11) is 1.67. The van der Waals surface area contributed by atoms with Gasteiger partial charge < -0.3 is 20.4 Å². The van der Waals surface area contributed by atoms with Crippen molar-refractivity contribution in [3.8, 4) is 17.1 Å². The Labute approximate surface area is 204 Å². The van der Waals surface area contributed by atoms with E-state index in [1.54, 1.807) is 19.2 Å². The van der Waals surface area contributed by atoms with Crippen LogP contribution in [0.5, 0.6) is 5.75 Å². The molecular formula is C27H30N6O2. The Balaban J connectivity index is 1.46. The molecule has 0 atom stereocenters. The van der Waals surface area contributed by atoms with Gasteiger partial charge >= 0.3 is 0 Å². The second kappa shape index (κ2) is 10.1. The first-order valence-electron chi connectivity index (χ1n) is 12.1. The average molecular weight is 471 g/mol. The molecule has 35 heavy (non-hydrogen) atoms. The zero-order chi connectivity index (χ0) is 24.2. The van der Waals surface area contributed by atoms with Crippen molar-refractivity contribution in [3.05, 3.63) is 66.0 Å². The van der Waals surface area contributed by atoms with E-state index in [0.29, 0.717) is 29.8 Å². The number of fused-ring (bicyclic) bond motifs is 1. The van der Waals surface area contributed by atoms with Gasteiger partial charge in [0.25, 0.3) is 0 Å². The van der Waals surface area contributed by atoms with Gasteiger partial charge in [-0.25, -0.2) is 15.0 Å². The monoisotopic (exact) mass is 470 g/mol. The Morgan fingerprint density at radius 1 is 1.06 bits per heavy atom. The van der Waals surface area contributed by atoms with E-state index in [1.807, 2.05) is 30.6 Å². The third-order valence-electron chi connectivity index (χ3n) is 6.68. The highest BCUT2D eigenvalue weighted by molar-refractivity contribution is 5.93. The largest absolute Gasteiger partial charge is 0.497 e. The Morgan fingerprint density at radius 2 is 1.80 bits per heavy atom. The number of methoxy groups -OCH3 is 1. The highest BCUT2D eigenvalue weighted by Crippen LogP contribution is 2.32. The van der Waals surface area contributed by atoms with E-state index in [0.717, 1.165) is 41.7 Å². The number of benzene rings is 2. The lowest BCUT2D eigenvalue weighted by atomic mass is 9.95. The first-order valence-corrected chi connectivity index (χ1v) is 12.1. The maximum Gasteiger partial charge on any atom is 0.248 e. The average Bonchev–Trinajstić information content (AvgIpc) is 3.34. The standard InChI is InChI=1S/C27H30N6O2/c1-35-22-13-7-18(8-14-22)15-16-29-26-23-27(33(17-30-23)21-5-3-2-4-6-21)32-25(31-26)20-11-9-19(10-12-20)24(28)34/h7-14,17,21H,2-6,15-16H2,1H3,(H2,28,34)(H,29,31,32). The van der Waals surface area contributed by atoms with Crippen molar-refractivity contribution < 1.29 is 9.53 Å². The smallest absolute Gasteiger partial charge is 0.248 e. The van der Waals surface area contributed by atoms with Gasteiger partial charge in [-0.05, 0) is 49.1 Å². The minimum Gasteiger partial charge on any atom is -0.497 e. The number of amides is 1. The number of hydrogen-bond acceptors (Lipinski definition) is 6. The fourth-order valence-corrected chi connectivity index (χ4v) is 4.70. The second-order valence-electron chi connectivity index (χ2n) is 8.98. The molecule has 1 fully saturated rings. The van der Waals surface area contributed by atoms with Crippen molar-refractivity contribution in [2.75, 3.05) is 19.0 Å². The van der Waals surface area contributed by atoms with E-state index in [4.69, 9.17) is 25.4 Å². The van der Waals surface area contributed by atoms with Gasteiger partial charge in [0.1, 0.15) is 11.3 Å². The summed E-state index contributed by atoms with van der Waals surface area (Å²) in [6.45, 7) is 0.703. The van der Waals surface area contributed by atoms with E-state index in [2.05, 4.69) is 22.0 Å². The van der Waals surface area contributed by atoms with Crippen LogP contribution >= 0.6 is 0 Å². The van der Waals surface area contributed by atoms with Gasteiger partial charge in [0, 0.05) is 23.7 Å². The lowest BCUT2D eigenvalue weighted by molar-refractivity contribution is 0.100. The molecule has 0 bridgehead atoms. The van der Waals surface area contributed by atoms with Crippen LogP contribution in [-0.4, -0.2) is 39.1 Å². The minimum absolute atomic E-state index is 0.404. The number of primary amides is 1. The zero-order valence-electron chi connectivity index (χ0n) is 19.9. The predicted molar refractivity (Wildman–Crippen MR) is 137 cm³/mol. The molecule has 2 aromatic heterocycles. The third kappa shape index (κ3) is 4.96. The lowest BCUT2D eigenvalue weighted by Crippen LogP contribution is -2.13. The first kappa shape index (κ1) is 22.8. The minimum atomic E-state index is -0.454. The highest BCUT2D eigenvalue weighted by atomic mass is 16.5. The summed E-state index contributed by atoms with van der Waals surface area (Å²) in [6, 6.07) is 15.6. The molecule has 0 radical (unpaired) electrons. The van der Waals surface area contributed by atoms with Crippen LogP contribution < -0.4 is 15.8 Å². The number of hydrogen-bond donors (Lipinski definition) is 2. The van der Waals surface area contributed by atoms with Gasteiger partial charge in [0.15, 0.2) is 17.3 Å². The predicted octanol–water partition coefficient (Wildman–Crippen LogP) is 4.76. The Morgan fingerprint density at radius 3 is 2.49 bits per heavy atom. The molecule has 4 aromatic rings. The van der Waals surface area contributed by atoms with E-state index in [9.17, 15) is 4.79 Å². The maximum absolute atomic E-state index is 11.5. The topological polar surface area (TPSA) is 108 Å². The first-order chi connectivity index (χ1) is 17.1. The van der Waals surface area contributed by atoms with Gasteiger partial charge in [-0.2, -0.15) is 0 Å². The van der Waals surface area contributed by atoms with Crippen LogP contribution in [0, 0.1) is 0 Å². The SMILES string of the molecule is COc1ccc(CCNc2nc(-c3ccc(C(N)=O)cc3)nc3c2ncn3C2CCCCC2)cc1. The summed E-state index contributed by atoms with van der Waals surface area (Å²) in [6.07, 6.45) is 8.75. The van der Waals surface area contributed by atoms with Gasteiger partial charge in [-0.3, -0.25) is 4.79 Å². The quantitative estimate of drug-likeness (QED) is 0.384. The van der Waals surface area contributed by atoms with E-state index in [-0.39, 0.29) is 0 Å². The summed E-state index contributed by atoms with van der Waals surface area (Å²) in [5.74, 6) is 1.70. The lowest BCUT2D eigenvalue weighted by Gasteiger charge is -2.23. The van der Waals surface area contributed by atoms with Gasteiger partial charge in [0.05, 0.1) is 13.4 Å². The number of anilines is 1. The number of carbonyl (C=O) groups excluding carboxylic acids is 1. The van der Waals surface area contributed by atoms with Gasteiger partial charge in [-0.15, -0.1) is 0 Å². The number of ether oxygens (including phenoxy) is 1. The van der Waals surface area contributed by atoms with E-state index >= 15 is 0 Å². The Kier molecular flexibility index (Phi) is 6.61. The Bertz CT molecular complexity index is 1310. The molecule has 0 saturated heterocycles. The van der Waals surface area contributed by atoms with Crippen LogP contribution in [0.1, 0.15) is 54.1 Å². The van der Waals surface area contributed by atoms with Crippen LogP contribution in [0.15, 0.2) is 54.9 Å². The molecule has 8 nitrogen and oxygen atoms in total. The molecule has 5 rings (SSSR count). The van der Waals surface area contributed by atoms with Crippen molar-refractivity contribution in [2.45, 2.75) is 44.6 Å². The molecule has 1 aliphatic rings. The number of nitrogens with one attached hydrogen (secondary N) is 1. The van der Waals surface area contributed by atoms with Crippen LogP contribution in [0.3, 0.4) is 0 Å². The van der Waals surface area contributed by atoms with Crippen molar-refractivity contribution in [2.24, 2.45) is 5.73 Å². The molecule has 3 N–H and O–H groups in total.